The number of hydrogen-bond acceptors (Lipinski definition) is 4. The van der Waals surface area contributed by atoms with Crippen molar-refractivity contribution in [3.05, 3.63) is 88.8 Å². The summed E-state index contributed by atoms with van der Waals surface area (Å²) in [6.45, 7) is 2.67. The quantitative estimate of drug-likeness (QED) is 0.540. The van der Waals surface area contributed by atoms with Gasteiger partial charge in [-0.3, -0.25) is 14.2 Å². The molecular formula is C27H26N4O4. The first-order valence-corrected chi connectivity index (χ1v) is 11.3. The van der Waals surface area contributed by atoms with Crippen LogP contribution in [0.4, 0.5) is 16.2 Å². The zero-order valence-corrected chi connectivity index (χ0v) is 19.3. The van der Waals surface area contributed by atoms with Crippen LogP contribution in [0.1, 0.15) is 18.9 Å². The molecule has 178 valence electrons. The number of carbonyl (C=O) groups excluding carboxylic acids is 2. The summed E-state index contributed by atoms with van der Waals surface area (Å²) in [5, 5.41) is 5.71. The van der Waals surface area contributed by atoms with Crippen LogP contribution in [0.3, 0.4) is 0 Å². The second-order valence-corrected chi connectivity index (χ2v) is 8.08. The molecule has 8 heteroatoms. The fourth-order valence-electron chi connectivity index (χ4n) is 4.04. The number of anilines is 2. The second kappa shape index (κ2) is 10.7. The van der Waals surface area contributed by atoms with E-state index < -0.39 is 6.04 Å². The normalized spacial score (nSPS) is 17.0. The number of aromatic nitrogens is 1. The van der Waals surface area contributed by atoms with Crippen LogP contribution in [0.25, 0.3) is 5.69 Å². The Bertz CT molecular complexity index is 1290. The standard InChI is InChI=1S/C27H26N4O4/c1-3-19-8-10-21(11-9-19)29-27(34)31-18-23(35-4-2)17-24(31)26(33)28-20-12-14-22(15-13-20)30-16-6-5-7-25(30)32/h1,5-16,23-24H,4,17-18H2,2H3,(H,28,33)(H,29,34). The predicted molar refractivity (Wildman–Crippen MR) is 135 cm³/mol. The Labute approximate surface area is 203 Å². The van der Waals surface area contributed by atoms with E-state index in [9.17, 15) is 14.4 Å². The lowest BCUT2D eigenvalue weighted by Gasteiger charge is -2.24. The number of nitrogens with zero attached hydrogens (tertiary/aromatic N) is 2. The summed E-state index contributed by atoms with van der Waals surface area (Å²) >= 11 is 0. The van der Waals surface area contributed by atoms with Crippen molar-refractivity contribution in [2.75, 3.05) is 23.8 Å². The maximum atomic E-state index is 13.2. The topological polar surface area (TPSA) is 92.7 Å². The molecule has 35 heavy (non-hydrogen) atoms. The lowest BCUT2D eigenvalue weighted by atomic mass is 10.1. The van der Waals surface area contributed by atoms with Gasteiger partial charge in [0.05, 0.1) is 6.10 Å². The summed E-state index contributed by atoms with van der Waals surface area (Å²) in [7, 11) is 0. The smallest absolute Gasteiger partial charge is 0.322 e. The molecule has 4 rings (SSSR count). The molecule has 3 amide bonds. The average molecular weight is 471 g/mol. The van der Waals surface area contributed by atoms with Crippen LogP contribution in [0.5, 0.6) is 0 Å². The van der Waals surface area contributed by atoms with E-state index in [1.54, 1.807) is 66.9 Å². The predicted octanol–water partition coefficient (Wildman–Crippen LogP) is 3.47. The zero-order valence-electron chi connectivity index (χ0n) is 19.3. The van der Waals surface area contributed by atoms with E-state index in [1.807, 2.05) is 6.92 Å². The Kier molecular flexibility index (Phi) is 7.29. The molecule has 0 radical (unpaired) electrons. The summed E-state index contributed by atoms with van der Waals surface area (Å²) < 4.78 is 7.23. The minimum Gasteiger partial charge on any atom is -0.377 e. The minimum atomic E-state index is -0.701. The summed E-state index contributed by atoms with van der Waals surface area (Å²) in [6, 6.07) is 17.7. The van der Waals surface area contributed by atoms with E-state index in [0.29, 0.717) is 42.2 Å². The van der Waals surface area contributed by atoms with Gasteiger partial charge in [0, 0.05) is 54.5 Å². The summed E-state index contributed by atoms with van der Waals surface area (Å²) in [6.07, 6.45) is 7.22. The first kappa shape index (κ1) is 23.8. The van der Waals surface area contributed by atoms with Crippen molar-refractivity contribution >= 4 is 23.3 Å². The van der Waals surface area contributed by atoms with Gasteiger partial charge in [-0.1, -0.05) is 12.0 Å². The van der Waals surface area contributed by atoms with Gasteiger partial charge >= 0.3 is 6.03 Å². The second-order valence-electron chi connectivity index (χ2n) is 8.08. The largest absolute Gasteiger partial charge is 0.377 e. The van der Waals surface area contributed by atoms with Gasteiger partial charge in [0.15, 0.2) is 0 Å². The minimum absolute atomic E-state index is 0.146. The molecule has 1 aromatic heterocycles. The maximum Gasteiger partial charge on any atom is 0.322 e. The van der Waals surface area contributed by atoms with E-state index in [-0.39, 0.29) is 23.6 Å². The van der Waals surface area contributed by atoms with Crippen LogP contribution < -0.4 is 16.2 Å². The van der Waals surface area contributed by atoms with Crippen LogP contribution in [0.15, 0.2) is 77.7 Å². The van der Waals surface area contributed by atoms with Gasteiger partial charge in [-0.25, -0.2) is 4.79 Å². The van der Waals surface area contributed by atoms with Gasteiger partial charge in [-0.15, -0.1) is 6.42 Å². The molecule has 1 fully saturated rings. The highest BCUT2D eigenvalue weighted by atomic mass is 16.5. The fourth-order valence-corrected chi connectivity index (χ4v) is 4.04. The Morgan fingerprint density at radius 1 is 1.03 bits per heavy atom. The van der Waals surface area contributed by atoms with Gasteiger partial charge in [-0.2, -0.15) is 0 Å². The lowest BCUT2D eigenvalue weighted by Crippen LogP contribution is -2.45. The van der Waals surface area contributed by atoms with E-state index in [0.717, 1.165) is 0 Å². The van der Waals surface area contributed by atoms with E-state index in [1.165, 1.54) is 15.5 Å². The third-order valence-electron chi connectivity index (χ3n) is 5.77. The van der Waals surface area contributed by atoms with Crippen molar-refractivity contribution in [1.29, 1.82) is 0 Å². The molecule has 8 nitrogen and oxygen atoms in total. The monoisotopic (exact) mass is 470 g/mol. The van der Waals surface area contributed by atoms with Crippen molar-refractivity contribution in [3.63, 3.8) is 0 Å². The molecule has 2 unspecified atom stereocenters. The maximum absolute atomic E-state index is 13.2. The number of ether oxygens (including phenoxy) is 1. The number of likely N-dealkylation sites (tertiary alicyclic amines) is 1. The van der Waals surface area contributed by atoms with Crippen molar-refractivity contribution < 1.29 is 14.3 Å². The molecule has 2 atom stereocenters. The Morgan fingerprint density at radius 3 is 2.37 bits per heavy atom. The van der Waals surface area contributed by atoms with Crippen LogP contribution in [-0.2, 0) is 9.53 Å². The molecule has 2 heterocycles. The van der Waals surface area contributed by atoms with E-state index in [4.69, 9.17) is 11.2 Å². The summed E-state index contributed by atoms with van der Waals surface area (Å²) in [4.78, 5) is 39.7. The van der Waals surface area contributed by atoms with E-state index >= 15 is 0 Å². The third kappa shape index (κ3) is 5.60. The number of nitrogens with one attached hydrogen (secondary N) is 2. The molecule has 0 bridgehead atoms. The third-order valence-corrected chi connectivity index (χ3v) is 5.77. The molecule has 3 aromatic rings. The molecule has 1 aliphatic rings. The number of hydrogen-bond donors (Lipinski definition) is 2. The van der Waals surface area contributed by atoms with Crippen molar-refractivity contribution in [2.45, 2.75) is 25.5 Å². The van der Waals surface area contributed by atoms with E-state index in [2.05, 4.69) is 16.6 Å². The Hall–Kier alpha value is -4.35. The highest BCUT2D eigenvalue weighted by molar-refractivity contribution is 5.99. The number of urea groups is 1. The van der Waals surface area contributed by atoms with Gasteiger partial charge in [0.25, 0.3) is 5.56 Å². The van der Waals surface area contributed by atoms with Crippen LogP contribution in [-0.4, -0.2) is 46.7 Å². The number of pyridine rings is 1. The summed E-state index contributed by atoms with van der Waals surface area (Å²) in [5.41, 5.74) is 2.39. The lowest BCUT2D eigenvalue weighted by molar-refractivity contribution is -0.119. The van der Waals surface area contributed by atoms with Crippen molar-refractivity contribution in [2.24, 2.45) is 0 Å². The zero-order chi connectivity index (χ0) is 24.8. The van der Waals surface area contributed by atoms with Gasteiger partial charge in [0.2, 0.25) is 5.91 Å². The Morgan fingerprint density at radius 2 is 1.71 bits per heavy atom. The number of amides is 3. The first-order valence-electron chi connectivity index (χ1n) is 11.3. The molecule has 0 spiro atoms. The molecule has 1 aliphatic heterocycles. The number of terminal acetylenes is 1. The molecule has 2 aromatic carbocycles. The number of benzene rings is 2. The first-order chi connectivity index (χ1) is 17.0. The molecule has 2 N–H and O–H groups in total. The SMILES string of the molecule is C#Cc1ccc(NC(=O)N2CC(OCC)CC2C(=O)Nc2ccc(-n3ccccc3=O)cc2)cc1. The number of rotatable bonds is 6. The molecule has 0 saturated carbocycles. The van der Waals surface area contributed by atoms with Crippen LogP contribution in [0.2, 0.25) is 0 Å². The Balaban J connectivity index is 1.46. The molecular weight excluding hydrogens is 444 g/mol. The average Bonchev–Trinajstić information content (AvgIpc) is 3.30. The van der Waals surface area contributed by atoms with Gasteiger partial charge in [0.1, 0.15) is 6.04 Å². The fraction of sp³-hybridized carbons (Fsp3) is 0.222. The van der Waals surface area contributed by atoms with Crippen LogP contribution >= 0.6 is 0 Å². The van der Waals surface area contributed by atoms with Gasteiger partial charge < -0.3 is 20.3 Å². The number of carbonyl (C=O) groups is 2. The molecule has 0 aliphatic carbocycles. The highest BCUT2D eigenvalue weighted by Gasteiger charge is 2.40. The summed E-state index contributed by atoms with van der Waals surface area (Å²) in [5.74, 6) is 2.22. The highest BCUT2D eigenvalue weighted by Crippen LogP contribution is 2.24. The van der Waals surface area contributed by atoms with Crippen molar-refractivity contribution in [3.8, 4) is 18.0 Å². The van der Waals surface area contributed by atoms with Gasteiger partial charge in [-0.05, 0) is 61.5 Å². The molecule has 1 saturated heterocycles. The van der Waals surface area contributed by atoms with Crippen LogP contribution in [0, 0.1) is 12.3 Å². The van der Waals surface area contributed by atoms with Crippen molar-refractivity contribution in [1.82, 2.24) is 9.47 Å².